The highest BCUT2D eigenvalue weighted by Crippen LogP contribution is 2.21. The van der Waals surface area contributed by atoms with E-state index in [9.17, 15) is 9.59 Å². The highest BCUT2D eigenvalue weighted by atomic mass is 16.3. The summed E-state index contributed by atoms with van der Waals surface area (Å²) in [5, 5.41) is 2.75. The topological polar surface area (TPSA) is 65.8 Å². The van der Waals surface area contributed by atoms with E-state index in [0.717, 1.165) is 39.0 Å². The Hall–Kier alpha value is -1.82. The van der Waals surface area contributed by atoms with Gasteiger partial charge in [-0.25, -0.2) is 0 Å². The first-order valence-corrected chi connectivity index (χ1v) is 7.51. The molecule has 0 radical (unpaired) electrons. The van der Waals surface area contributed by atoms with E-state index < -0.39 is 6.04 Å². The molecule has 21 heavy (non-hydrogen) atoms. The zero-order valence-electron chi connectivity index (χ0n) is 12.2. The number of amides is 2. The van der Waals surface area contributed by atoms with E-state index in [4.69, 9.17) is 4.42 Å². The smallest absolute Gasteiger partial charge is 0.255 e. The van der Waals surface area contributed by atoms with E-state index >= 15 is 0 Å². The summed E-state index contributed by atoms with van der Waals surface area (Å²) < 4.78 is 4.89. The molecule has 6 nitrogen and oxygen atoms in total. The predicted octanol–water partition coefficient (Wildman–Crippen LogP) is 0.704. The molecule has 0 saturated carbocycles. The first-order valence-electron chi connectivity index (χ1n) is 7.51. The summed E-state index contributed by atoms with van der Waals surface area (Å²) in [7, 11) is 0. The Labute approximate surface area is 124 Å². The molecule has 4 heterocycles. The van der Waals surface area contributed by atoms with Gasteiger partial charge >= 0.3 is 0 Å². The predicted molar refractivity (Wildman–Crippen MR) is 76.8 cm³/mol. The van der Waals surface area contributed by atoms with Gasteiger partial charge in [0.15, 0.2) is 0 Å². The minimum Gasteiger partial charge on any atom is -0.472 e. The van der Waals surface area contributed by atoms with Gasteiger partial charge in [0, 0.05) is 32.2 Å². The molecule has 1 aromatic rings. The second kappa shape index (κ2) is 5.89. The van der Waals surface area contributed by atoms with E-state index in [1.54, 1.807) is 13.0 Å². The molecule has 3 aliphatic rings. The Morgan fingerprint density at radius 2 is 2.05 bits per heavy atom. The highest BCUT2D eigenvalue weighted by Gasteiger charge is 2.34. The first kappa shape index (κ1) is 14.1. The van der Waals surface area contributed by atoms with Gasteiger partial charge in [-0.05, 0) is 25.8 Å². The minimum absolute atomic E-state index is 0.0144. The summed E-state index contributed by atoms with van der Waals surface area (Å²) in [5.41, 5.74) is 0.442. The Balaban J connectivity index is 1.62. The number of furan rings is 1. The third-order valence-electron chi connectivity index (χ3n) is 4.44. The van der Waals surface area contributed by atoms with Crippen molar-refractivity contribution in [2.24, 2.45) is 0 Å². The van der Waals surface area contributed by atoms with Gasteiger partial charge in [-0.3, -0.25) is 9.59 Å². The quantitative estimate of drug-likeness (QED) is 0.890. The maximum atomic E-state index is 12.6. The molecule has 4 rings (SSSR count). The molecule has 3 fully saturated rings. The van der Waals surface area contributed by atoms with E-state index in [1.807, 2.05) is 4.90 Å². The van der Waals surface area contributed by atoms with Gasteiger partial charge in [0.05, 0.1) is 11.8 Å². The summed E-state index contributed by atoms with van der Waals surface area (Å²) in [6, 6.07) is 1.40. The van der Waals surface area contributed by atoms with Crippen LogP contribution in [-0.2, 0) is 4.79 Å². The molecular weight excluding hydrogens is 270 g/mol. The summed E-state index contributed by atoms with van der Waals surface area (Å²) in [4.78, 5) is 28.9. The van der Waals surface area contributed by atoms with Gasteiger partial charge in [-0.2, -0.15) is 0 Å². The zero-order valence-corrected chi connectivity index (χ0v) is 12.2. The van der Waals surface area contributed by atoms with Crippen LogP contribution < -0.4 is 5.32 Å². The molecule has 0 unspecified atom stereocenters. The molecule has 1 atom stereocenters. The maximum absolute atomic E-state index is 12.6. The Morgan fingerprint density at radius 3 is 2.71 bits per heavy atom. The van der Waals surface area contributed by atoms with Crippen molar-refractivity contribution in [1.29, 1.82) is 0 Å². The number of carbonyl (C=O) groups excluding carboxylic acids is 2. The number of nitrogens with zero attached hydrogens (tertiary/aromatic N) is 2. The van der Waals surface area contributed by atoms with E-state index in [0.29, 0.717) is 11.6 Å². The average molecular weight is 291 g/mol. The van der Waals surface area contributed by atoms with Crippen LogP contribution >= 0.6 is 0 Å². The van der Waals surface area contributed by atoms with Crippen molar-refractivity contribution < 1.29 is 14.0 Å². The molecule has 114 valence electrons. The van der Waals surface area contributed by atoms with Crippen molar-refractivity contribution in [1.82, 2.24) is 15.1 Å². The third kappa shape index (κ3) is 2.95. The van der Waals surface area contributed by atoms with Crippen LogP contribution in [0.4, 0.5) is 0 Å². The number of nitrogens with one attached hydrogen (secondary N) is 1. The fourth-order valence-electron chi connectivity index (χ4n) is 3.16. The van der Waals surface area contributed by atoms with Crippen LogP contribution in [0.25, 0.3) is 0 Å². The summed E-state index contributed by atoms with van der Waals surface area (Å²) in [6.45, 7) is 5.59. The second-order valence-corrected chi connectivity index (χ2v) is 5.81. The molecule has 0 aliphatic carbocycles. The van der Waals surface area contributed by atoms with E-state index in [-0.39, 0.29) is 11.8 Å². The Morgan fingerprint density at radius 1 is 1.29 bits per heavy atom. The number of rotatable bonds is 3. The zero-order chi connectivity index (χ0) is 14.8. The SMILES string of the molecule is C[C@H](NC(=O)c1ccoc1)C(=O)N1CCN2CCC1CC2. The van der Waals surface area contributed by atoms with Crippen LogP contribution in [-0.4, -0.2) is 59.9 Å². The first-order chi connectivity index (χ1) is 10.1. The second-order valence-electron chi connectivity index (χ2n) is 5.81. The summed E-state index contributed by atoms with van der Waals surface area (Å²) in [5.74, 6) is -0.256. The molecule has 3 saturated heterocycles. The van der Waals surface area contributed by atoms with Gasteiger partial charge < -0.3 is 19.5 Å². The fraction of sp³-hybridized carbons (Fsp3) is 0.600. The minimum atomic E-state index is -0.514. The van der Waals surface area contributed by atoms with Gasteiger partial charge in [0.1, 0.15) is 12.3 Å². The van der Waals surface area contributed by atoms with Crippen molar-refractivity contribution in [3.8, 4) is 0 Å². The molecule has 1 aromatic heterocycles. The van der Waals surface area contributed by atoms with Crippen molar-refractivity contribution >= 4 is 11.8 Å². The van der Waals surface area contributed by atoms with Gasteiger partial charge in [0.2, 0.25) is 5.91 Å². The van der Waals surface area contributed by atoms with Gasteiger partial charge in [-0.15, -0.1) is 0 Å². The molecule has 3 aliphatic heterocycles. The summed E-state index contributed by atoms with van der Waals surface area (Å²) >= 11 is 0. The molecule has 2 bridgehead atoms. The lowest BCUT2D eigenvalue weighted by atomic mass is 10.0. The lowest BCUT2D eigenvalue weighted by Crippen LogP contribution is -2.51. The molecular formula is C15H21N3O3. The lowest BCUT2D eigenvalue weighted by Gasteiger charge is -2.33. The standard InChI is InChI=1S/C15H21N3O3/c1-11(16-14(19)12-4-9-21-10-12)15(20)18-8-7-17-5-2-13(18)3-6-17/h4,9-11,13H,2-3,5-8H2,1H3,(H,16,19)/t11-/m0/s1. The van der Waals surface area contributed by atoms with Crippen LogP contribution in [0.15, 0.2) is 23.0 Å². The van der Waals surface area contributed by atoms with Crippen molar-refractivity contribution in [3.63, 3.8) is 0 Å². The number of fused-ring (bicyclic) bond motifs is 4. The number of piperidine rings is 1. The van der Waals surface area contributed by atoms with E-state index in [2.05, 4.69) is 10.2 Å². The third-order valence-corrected chi connectivity index (χ3v) is 4.44. The largest absolute Gasteiger partial charge is 0.472 e. The maximum Gasteiger partial charge on any atom is 0.255 e. The molecule has 1 N–H and O–H groups in total. The van der Waals surface area contributed by atoms with Gasteiger partial charge in [0.25, 0.3) is 5.91 Å². The molecule has 0 spiro atoms. The monoisotopic (exact) mass is 291 g/mol. The Kier molecular flexibility index (Phi) is 3.96. The molecule has 0 aromatic carbocycles. The van der Waals surface area contributed by atoms with Crippen LogP contribution in [0.5, 0.6) is 0 Å². The van der Waals surface area contributed by atoms with Crippen LogP contribution in [0.3, 0.4) is 0 Å². The average Bonchev–Trinajstić information content (AvgIpc) is 2.88. The van der Waals surface area contributed by atoms with Gasteiger partial charge in [-0.1, -0.05) is 0 Å². The number of hydrogen-bond acceptors (Lipinski definition) is 4. The fourth-order valence-corrected chi connectivity index (χ4v) is 3.16. The van der Waals surface area contributed by atoms with Crippen LogP contribution in [0.2, 0.25) is 0 Å². The van der Waals surface area contributed by atoms with Crippen molar-refractivity contribution in [2.75, 3.05) is 26.2 Å². The number of carbonyl (C=O) groups is 2. The molecule has 2 amide bonds. The molecule has 6 heteroatoms. The Bertz CT molecular complexity index is 506. The van der Waals surface area contributed by atoms with Crippen molar-refractivity contribution in [2.45, 2.75) is 31.8 Å². The summed E-state index contributed by atoms with van der Waals surface area (Å²) in [6.07, 6.45) is 4.90. The lowest BCUT2D eigenvalue weighted by molar-refractivity contribution is -0.134. The normalized spacial score (nSPS) is 26.2. The van der Waals surface area contributed by atoms with Crippen molar-refractivity contribution in [3.05, 3.63) is 24.2 Å². The number of hydrogen-bond donors (Lipinski definition) is 1. The van der Waals surface area contributed by atoms with E-state index in [1.165, 1.54) is 12.5 Å². The van der Waals surface area contributed by atoms with Crippen LogP contribution in [0.1, 0.15) is 30.1 Å². The highest BCUT2D eigenvalue weighted by molar-refractivity contribution is 5.97. The van der Waals surface area contributed by atoms with Crippen LogP contribution in [0, 0.1) is 0 Å².